The number of likely N-dealkylation sites (tertiary alicyclic amines) is 1. The first-order valence-corrected chi connectivity index (χ1v) is 10.0. The molecular weight excluding hydrogens is 350 g/mol. The van der Waals surface area contributed by atoms with Gasteiger partial charge < -0.3 is 19.5 Å². The number of piperidine rings is 1. The average molecular weight is 382 g/mol. The Balaban J connectivity index is 1.75. The van der Waals surface area contributed by atoms with E-state index in [2.05, 4.69) is 52.5 Å². The first-order valence-electron chi connectivity index (χ1n) is 10.0. The SMILES string of the molecule is C=CCOc1ccccc1CN=C(NCC)N1CCC(C)C(n2ccnc2)C1. The van der Waals surface area contributed by atoms with Crippen LogP contribution < -0.4 is 10.1 Å². The molecule has 1 fully saturated rings. The minimum Gasteiger partial charge on any atom is -0.489 e. The molecule has 2 atom stereocenters. The Labute approximate surface area is 167 Å². The third-order valence-corrected chi connectivity index (χ3v) is 5.19. The van der Waals surface area contributed by atoms with Gasteiger partial charge in [-0.3, -0.25) is 0 Å². The zero-order valence-electron chi connectivity index (χ0n) is 16.9. The predicted octanol–water partition coefficient (Wildman–Crippen LogP) is 3.50. The van der Waals surface area contributed by atoms with E-state index in [1.54, 1.807) is 6.08 Å². The number of benzene rings is 1. The van der Waals surface area contributed by atoms with E-state index in [1.807, 2.05) is 30.7 Å². The van der Waals surface area contributed by atoms with E-state index in [0.717, 1.165) is 43.3 Å². The van der Waals surface area contributed by atoms with Crippen molar-refractivity contribution in [3.63, 3.8) is 0 Å². The van der Waals surface area contributed by atoms with Crippen LogP contribution in [0.25, 0.3) is 0 Å². The van der Waals surface area contributed by atoms with Gasteiger partial charge in [0.25, 0.3) is 0 Å². The summed E-state index contributed by atoms with van der Waals surface area (Å²) >= 11 is 0. The van der Waals surface area contributed by atoms with E-state index in [9.17, 15) is 0 Å². The molecule has 150 valence electrons. The lowest BCUT2D eigenvalue weighted by molar-refractivity contribution is 0.189. The summed E-state index contributed by atoms with van der Waals surface area (Å²) in [7, 11) is 0. The van der Waals surface area contributed by atoms with Gasteiger partial charge in [0.05, 0.1) is 18.9 Å². The first-order chi connectivity index (χ1) is 13.7. The number of aliphatic imine (C=N–C) groups is 1. The van der Waals surface area contributed by atoms with Crippen LogP contribution >= 0.6 is 0 Å². The molecule has 0 spiro atoms. The molecule has 1 N–H and O–H groups in total. The van der Waals surface area contributed by atoms with Gasteiger partial charge in [-0.15, -0.1) is 0 Å². The van der Waals surface area contributed by atoms with Gasteiger partial charge in [0.1, 0.15) is 12.4 Å². The van der Waals surface area contributed by atoms with Gasteiger partial charge in [0.15, 0.2) is 5.96 Å². The van der Waals surface area contributed by atoms with E-state index in [4.69, 9.17) is 9.73 Å². The Morgan fingerprint density at radius 2 is 2.29 bits per heavy atom. The molecule has 0 saturated carbocycles. The Morgan fingerprint density at radius 1 is 1.43 bits per heavy atom. The molecule has 0 amide bonds. The van der Waals surface area contributed by atoms with Crippen molar-refractivity contribution in [3.8, 4) is 5.75 Å². The topological polar surface area (TPSA) is 54.7 Å². The fourth-order valence-corrected chi connectivity index (χ4v) is 3.60. The number of nitrogens with zero attached hydrogens (tertiary/aromatic N) is 4. The third kappa shape index (κ3) is 4.94. The highest BCUT2D eigenvalue weighted by Gasteiger charge is 2.28. The fourth-order valence-electron chi connectivity index (χ4n) is 3.60. The highest BCUT2D eigenvalue weighted by molar-refractivity contribution is 5.80. The number of ether oxygens (including phenoxy) is 1. The van der Waals surface area contributed by atoms with Crippen LogP contribution in [0.4, 0.5) is 0 Å². The maximum atomic E-state index is 5.77. The number of imidazole rings is 1. The Hall–Kier alpha value is -2.76. The summed E-state index contributed by atoms with van der Waals surface area (Å²) in [6, 6.07) is 8.47. The number of hydrogen-bond donors (Lipinski definition) is 1. The second kappa shape index (κ2) is 9.97. The minimum absolute atomic E-state index is 0.406. The monoisotopic (exact) mass is 381 g/mol. The zero-order valence-corrected chi connectivity index (χ0v) is 16.9. The molecule has 3 rings (SSSR count). The number of guanidine groups is 1. The molecule has 1 aromatic heterocycles. The van der Waals surface area contributed by atoms with Gasteiger partial charge >= 0.3 is 0 Å². The Kier molecular flexibility index (Phi) is 7.12. The predicted molar refractivity (Wildman–Crippen MR) is 114 cm³/mol. The summed E-state index contributed by atoms with van der Waals surface area (Å²) in [4.78, 5) is 11.5. The molecule has 2 aromatic rings. The number of aromatic nitrogens is 2. The molecule has 1 saturated heterocycles. The van der Waals surface area contributed by atoms with Crippen molar-refractivity contribution < 1.29 is 4.74 Å². The largest absolute Gasteiger partial charge is 0.489 e. The fraction of sp³-hybridized carbons (Fsp3) is 0.455. The van der Waals surface area contributed by atoms with Crippen molar-refractivity contribution in [1.82, 2.24) is 19.8 Å². The molecule has 28 heavy (non-hydrogen) atoms. The molecule has 6 heteroatoms. The molecule has 0 radical (unpaired) electrons. The van der Waals surface area contributed by atoms with Gasteiger partial charge in [-0.05, 0) is 25.3 Å². The normalized spacial score (nSPS) is 20.1. The second-order valence-electron chi connectivity index (χ2n) is 7.17. The molecule has 0 aliphatic carbocycles. The van der Waals surface area contributed by atoms with Gasteiger partial charge in [-0.2, -0.15) is 0 Å². The van der Waals surface area contributed by atoms with Crippen LogP contribution in [0.2, 0.25) is 0 Å². The van der Waals surface area contributed by atoms with Crippen molar-refractivity contribution in [2.75, 3.05) is 26.2 Å². The summed E-state index contributed by atoms with van der Waals surface area (Å²) in [5, 5.41) is 3.46. The van der Waals surface area contributed by atoms with Crippen molar-refractivity contribution in [3.05, 3.63) is 61.2 Å². The standard InChI is InChI=1S/C22H31N5O/c1-4-14-28-21-9-7-6-8-19(21)15-25-22(24-5-2)26-12-10-18(3)20(16-26)27-13-11-23-17-27/h4,6-9,11,13,17-18,20H,1,5,10,12,14-16H2,2-3H3,(H,24,25). The van der Waals surface area contributed by atoms with Crippen molar-refractivity contribution >= 4 is 5.96 Å². The average Bonchev–Trinajstić information content (AvgIpc) is 3.25. The minimum atomic E-state index is 0.406. The summed E-state index contributed by atoms with van der Waals surface area (Å²) in [6.45, 7) is 12.0. The molecule has 1 aromatic carbocycles. The number of para-hydroxylation sites is 1. The van der Waals surface area contributed by atoms with Gasteiger partial charge in [0.2, 0.25) is 0 Å². The smallest absolute Gasteiger partial charge is 0.194 e. The summed E-state index contributed by atoms with van der Waals surface area (Å²) in [6.07, 6.45) is 8.72. The summed E-state index contributed by atoms with van der Waals surface area (Å²) < 4.78 is 7.99. The maximum absolute atomic E-state index is 5.77. The highest BCUT2D eigenvalue weighted by Crippen LogP contribution is 2.27. The first kappa shape index (κ1) is 20.0. The van der Waals surface area contributed by atoms with E-state index in [-0.39, 0.29) is 0 Å². The lowest BCUT2D eigenvalue weighted by Gasteiger charge is -2.39. The summed E-state index contributed by atoms with van der Waals surface area (Å²) in [5.74, 6) is 2.44. The quantitative estimate of drug-likeness (QED) is 0.453. The van der Waals surface area contributed by atoms with Crippen LogP contribution in [0.5, 0.6) is 5.75 Å². The van der Waals surface area contributed by atoms with Crippen molar-refractivity contribution in [2.24, 2.45) is 10.9 Å². The third-order valence-electron chi connectivity index (χ3n) is 5.19. The zero-order chi connectivity index (χ0) is 19.8. The molecule has 2 unspecified atom stereocenters. The molecule has 0 bridgehead atoms. The van der Waals surface area contributed by atoms with E-state index in [1.165, 1.54) is 0 Å². The highest BCUT2D eigenvalue weighted by atomic mass is 16.5. The molecule has 1 aliphatic rings. The van der Waals surface area contributed by atoms with Crippen LogP contribution in [0, 0.1) is 5.92 Å². The van der Waals surface area contributed by atoms with Gasteiger partial charge in [-0.1, -0.05) is 37.8 Å². The lowest BCUT2D eigenvalue weighted by Crippen LogP contribution is -2.49. The van der Waals surface area contributed by atoms with Crippen LogP contribution in [0.15, 0.2) is 60.6 Å². The van der Waals surface area contributed by atoms with E-state index < -0.39 is 0 Å². The van der Waals surface area contributed by atoms with Crippen LogP contribution in [0.3, 0.4) is 0 Å². The Bertz CT molecular complexity index is 771. The number of hydrogen-bond acceptors (Lipinski definition) is 3. The molecular formula is C22H31N5O. The van der Waals surface area contributed by atoms with Gasteiger partial charge in [0, 0.05) is 37.6 Å². The van der Waals surface area contributed by atoms with Crippen LogP contribution in [-0.2, 0) is 6.54 Å². The molecule has 1 aliphatic heterocycles. The lowest BCUT2D eigenvalue weighted by atomic mass is 9.93. The van der Waals surface area contributed by atoms with Crippen molar-refractivity contribution in [1.29, 1.82) is 0 Å². The van der Waals surface area contributed by atoms with Gasteiger partial charge in [-0.25, -0.2) is 9.98 Å². The molecule has 6 nitrogen and oxygen atoms in total. The molecule has 2 heterocycles. The second-order valence-corrected chi connectivity index (χ2v) is 7.17. The van der Waals surface area contributed by atoms with Crippen molar-refractivity contribution in [2.45, 2.75) is 32.9 Å². The maximum Gasteiger partial charge on any atom is 0.194 e. The van der Waals surface area contributed by atoms with Crippen LogP contribution in [-0.4, -0.2) is 46.7 Å². The number of nitrogens with one attached hydrogen (secondary N) is 1. The Morgan fingerprint density at radius 3 is 3.04 bits per heavy atom. The summed E-state index contributed by atoms with van der Waals surface area (Å²) in [5.41, 5.74) is 1.08. The van der Waals surface area contributed by atoms with E-state index in [0.29, 0.717) is 25.1 Å². The van der Waals surface area contributed by atoms with E-state index >= 15 is 0 Å². The number of rotatable bonds is 7. The van der Waals surface area contributed by atoms with Crippen LogP contribution in [0.1, 0.15) is 31.9 Å².